The molecule has 0 aromatic rings. The predicted molar refractivity (Wildman–Crippen MR) is 44.3 cm³/mol. The molecule has 0 fully saturated rings. The molecule has 1 atom stereocenters. The molecule has 0 aromatic carbocycles. The van der Waals surface area contributed by atoms with Gasteiger partial charge in [0.2, 0.25) is 0 Å². The minimum atomic E-state index is -0.0764. The van der Waals surface area contributed by atoms with Gasteiger partial charge in [0.05, 0.1) is 5.38 Å². The second-order valence-electron chi connectivity index (χ2n) is 1.61. The number of alkyl halides is 2. The number of hydrogen-bond donors (Lipinski definition) is 0. The quantitative estimate of drug-likeness (QED) is 0.594. The number of halogens is 3. The van der Waals surface area contributed by atoms with Crippen molar-refractivity contribution in [3.8, 4) is 0 Å². The topological polar surface area (TPSA) is 0 Å². The Balaban J connectivity index is 3.49. The summed E-state index contributed by atoms with van der Waals surface area (Å²) < 4.78 is 0. The van der Waals surface area contributed by atoms with Crippen LogP contribution in [-0.2, 0) is 0 Å². The average molecular weight is 186 g/mol. The number of hydrogen-bond acceptors (Lipinski definition) is 0. The van der Waals surface area contributed by atoms with E-state index in [2.05, 4.69) is 6.92 Å². The second kappa shape index (κ2) is 5.40. The summed E-state index contributed by atoms with van der Waals surface area (Å²) in [5, 5.41) is 0.396. The second-order valence-corrected chi connectivity index (χ2v) is 3.03. The van der Waals surface area contributed by atoms with Crippen LogP contribution in [0.5, 0.6) is 0 Å². The van der Waals surface area contributed by atoms with Gasteiger partial charge in [0.25, 0.3) is 0 Å². The van der Waals surface area contributed by atoms with Gasteiger partial charge >= 0.3 is 0 Å². The first-order valence-corrected chi connectivity index (χ1v) is 3.91. The van der Waals surface area contributed by atoms with E-state index in [1.54, 1.807) is 6.08 Å². The molecule has 0 N–H and O–H groups in total. The van der Waals surface area contributed by atoms with Crippen molar-refractivity contribution < 1.29 is 0 Å². The molecule has 53 valence electrons. The first-order valence-electron chi connectivity index (χ1n) is 2.56. The fourth-order valence-electron chi connectivity index (χ4n) is 0.384. The SMILES string of the molecule is [CH2]C(Cl)=CC(Cl)CCCl. The van der Waals surface area contributed by atoms with Crippen LogP contribution in [0.15, 0.2) is 11.1 Å². The summed E-state index contributed by atoms with van der Waals surface area (Å²) in [4.78, 5) is 0. The zero-order valence-corrected chi connectivity index (χ0v) is 7.18. The Morgan fingerprint density at radius 1 is 1.67 bits per heavy atom. The molecule has 0 aromatic heterocycles. The van der Waals surface area contributed by atoms with Gasteiger partial charge in [-0.25, -0.2) is 0 Å². The summed E-state index contributed by atoms with van der Waals surface area (Å²) in [6.45, 7) is 3.46. The molecule has 9 heavy (non-hydrogen) atoms. The third kappa shape index (κ3) is 6.50. The zero-order valence-electron chi connectivity index (χ0n) is 4.91. The molecule has 0 amide bonds. The number of rotatable bonds is 3. The van der Waals surface area contributed by atoms with Crippen LogP contribution in [0.2, 0.25) is 0 Å². The Kier molecular flexibility index (Phi) is 5.77. The third-order valence-electron chi connectivity index (χ3n) is 0.747. The van der Waals surface area contributed by atoms with Crippen molar-refractivity contribution >= 4 is 34.8 Å². The van der Waals surface area contributed by atoms with Crippen LogP contribution in [-0.4, -0.2) is 11.3 Å². The Morgan fingerprint density at radius 3 is 2.56 bits per heavy atom. The lowest BCUT2D eigenvalue weighted by atomic mass is 10.3. The van der Waals surface area contributed by atoms with E-state index >= 15 is 0 Å². The average Bonchev–Trinajstić information content (AvgIpc) is 1.63. The smallest absolute Gasteiger partial charge is 0.0541 e. The van der Waals surface area contributed by atoms with Gasteiger partial charge in [0, 0.05) is 10.9 Å². The third-order valence-corrected chi connectivity index (χ3v) is 1.43. The predicted octanol–water partition coefficient (Wildman–Crippen LogP) is 3.18. The molecule has 0 aliphatic carbocycles. The normalized spacial score (nSPS) is 15.8. The molecule has 0 spiro atoms. The van der Waals surface area contributed by atoms with Crippen LogP contribution in [0, 0.1) is 6.92 Å². The van der Waals surface area contributed by atoms with E-state index < -0.39 is 0 Å². The lowest BCUT2D eigenvalue weighted by Crippen LogP contribution is -1.93. The maximum absolute atomic E-state index is 5.69. The largest absolute Gasteiger partial charge is 0.127 e. The lowest BCUT2D eigenvalue weighted by molar-refractivity contribution is 0.973. The van der Waals surface area contributed by atoms with Gasteiger partial charge in [-0.05, 0) is 13.3 Å². The van der Waals surface area contributed by atoms with Crippen LogP contribution in [0.3, 0.4) is 0 Å². The molecule has 0 heterocycles. The van der Waals surface area contributed by atoms with E-state index in [1.165, 1.54) is 0 Å². The molecular formula is C6H8Cl3. The Bertz CT molecular complexity index is 94.5. The first-order chi connectivity index (χ1) is 4.16. The van der Waals surface area contributed by atoms with Gasteiger partial charge in [-0.3, -0.25) is 0 Å². The van der Waals surface area contributed by atoms with Gasteiger partial charge in [-0.15, -0.1) is 23.2 Å². The van der Waals surface area contributed by atoms with Crippen molar-refractivity contribution in [1.29, 1.82) is 0 Å². The van der Waals surface area contributed by atoms with Crippen molar-refractivity contribution in [3.05, 3.63) is 18.0 Å². The summed E-state index contributed by atoms with van der Waals surface area (Å²) >= 11 is 16.5. The van der Waals surface area contributed by atoms with Crippen LogP contribution >= 0.6 is 34.8 Å². The maximum Gasteiger partial charge on any atom is 0.0541 e. The molecule has 0 nitrogen and oxygen atoms in total. The zero-order chi connectivity index (χ0) is 7.28. The van der Waals surface area contributed by atoms with Gasteiger partial charge in [-0.2, -0.15) is 0 Å². The summed E-state index contributed by atoms with van der Waals surface area (Å²) in [5.74, 6) is 0.550. The van der Waals surface area contributed by atoms with Gasteiger partial charge < -0.3 is 0 Å². The molecule has 0 aliphatic heterocycles. The highest BCUT2D eigenvalue weighted by Gasteiger charge is 1.97. The molecule has 0 saturated heterocycles. The Labute approximate surface area is 70.8 Å². The van der Waals surface area contributed by atoms with Crippen molar-refractivity contribution in [3.63, 3.8) is 0 Å². The van der Waals surface area contributed by atoms with Crippen LogP contribution in [0.1, 0.15) is 6.42 Å². The van der Waals surface area contributed by atoms with E-state index in [1.807, 2.05) is 0 Å². The Hall–Kier alpha value is 0.610. The molecule has 1 unspecified atom stereocenters. The van der Waals surface area contributed by atoms with Gasteiger partial charge in [0.1, 0.15) is 0 Å². The van der Waals surface area contributed by atoms with E-state index in [9.17, 15) is 0 Å². The minimum Gasteiger partial charge on any atom is -0.127 e. The van der Waals surface area contributed by atoms with E-state index in [0.717, 1.165) is 6.42 Å². The molecular weight excluding hydrogens is 178 g/mol. The molecule has 0 bridgehead atoms. The summed E-state index contributed by atoms with van der Waals surface area (Å²) in [7, 11) is 0. The van der Waals surface area contributed by atoms with E-state index in [-0.39, 0.29) is 5.38 Å². The van der Waals surface area contributed by atoms with Crippen LogP contribution < -0.4 is 0 Å². The van der Waals surface area contributed by atoms with Gasteiger partial charge in [-0.1, -0.05) is 17.7 Å². The number of allylic oxidation sites excluding steroid dienone is 2. The molecule has 0 rings (SSSR count). The molecule has 3 heteroatoms. The highest BCUT2D eigenvalue weighted by molar-refractivity contribution is 6.31. The summed E-state index contributed by atoms with van der Waals surface area (Å²) in [5.41, 5.74) is 0. The van der Waals surface area contributed by atoms with Crippen LogP contribution in [0.4, 0.5) is 0 Å². The fraction of sp³-hybridized carbons (Fsp3) is 0.500. The van der Waals surface area contributed by atoms with E-state index in [4.69, 9.17) is 34.8 Å². The standard InChI is InChI=1S/C6H8Cl3/c1-5(8)4-6(9)2-3-7/h4,6H,1-3H2. The Morgan fingerprint density at radius 2 is 2.22 bits per heavy atom. The lowest BCUT2D eigenvalue weighted by Gasteiger charge is -1.98. The van der Waals surface area contributed by atoms with Gasteiger partial charge in [0.15, 0.2) is 0 Å². The maximum atomic E-state index is 5.69. The van der Waals surface area contributed by atoms with Crippen molar-refractivity contribution in [1.82, 2.24) is 0 Å². The first kappa shape index (κ1) is 9.61. The highest BCUT2D eigenvalue weighted by Crippen LogP contribution is 2.09. The van der Waals surface area contributed by atoms with Crippen molar-refractivity contribution in [2.24, 2.45) is 0 Å². The molecule has 0 saturated carbocycles. The monoisotopic (exact) mass is 185 g/mol. The van der Waals surface area contributed by atoms with Crippen molar-refractivity contribution in [2.75, 3.05) is 5.88 Å². The summed E-state index contributed by atoms with van der Waals surface area (Å²) in [6.07, 6.45) is 2.40. The van der Waals surface area contributed by atoms with Crippen molar-refractivity contribution in [2.45, 2.75) is 11.8 Å². The van der Waals surface area contributed by atoms with Crippen LogP contribution in [0.25, 0.3) is 0 Å². The highest BCUT2D eigenvalue weighted by atomic mass is 35.5. The van der Waals surface area contributed by atoms with E-state index in [0.29, 0.717) is 10.9 Å². The molecule has 0 aliphatic rings. The molecule has 1 radical (unpaired) electrons. The summed E-state index contributed by atoms with van der Waals surface area (Å²) in [6, 6.07) is 0. The minimum absolute atomic E-state index is 0.0764. The fourth-order valence-corrected chi connectivity index (χ4v) is 1.21.